The number of aryl methyl sites for hydroxylation is 1. The van der Waals surface area contributed by atoms with Crippen molar-refractivity contribution in [2.75, 3.05) is 11.1 Å². The number of hydrogen-bond donors (Lipinski definition) is 1. The molecule has 3 aromatic rings. The van der Waals surface area contributed by atoms with E-state index < -0.39 is 0 Å². The molecule has 6 nitrogen and oxygen atoms in total. The summed E-state index contributed by atoms with van der Waals surface area (Å²) in [7, 11) is 0. The lowest BCUT2D eigenvalue weighted by molar-refractivity contribution is -0.113. The van der Waals surface area contributed by atoms with Crippen LogP contribution in [0.2, 0.25) is 0 Å². The quantitative estimate of drug-likeness (QED) is 0.503. The smallest absolute Gasteiger partial charge is 0.236 e. The van der Waals surface area contributed by atoms with Crippen LogP contribution in [-0.2, 0) is 11.2 Å². The van der Waals surface area contributed by atoms with Gasteiger partial charge in [-0.25, -0.2) is 4.98 Å². The Kier molecular flexibility index (Phi) is 6.01. The number of nitrogens with one attached hydrogen (secondary N) is 1. The molecule has 0 spiro atoms. The van der Waals surface area contributed by atoms with E-state index >= 15 is 0 Å². The first-order valence-corrected chi connectivity index (χ1v) is 11.8. The van der Waals surface area contributed by atoms with Crippen molar-refractivity contribution in [2.45, 2.75) is 57.1 Å². The van der Waals surface area contributed by atoms with Gasteiger partial charge in [-0.15, -0.1) is 21.5 Å². The maximum absolute atomic E-state index is 12.4. The molecule has 1 aromatic carbocycles. The Hall–Kier alpha value is -2.19. The summed E-state index contributed by atoms with van der Waals surface area (Å²) < 4.78 is 2.21. The normalized spacial score (nSPS) is 13.8. The highest BCUT2D eigenvalue weighted by atomic mass is 32.2. The Morgan fingerprint density at radius 3 is 2.69 bits per heavy atom. The molecule has 1 saturated carbocycles. The monoisotopic (exact) mass is 427 g/mol. The SMILES string of the molecule is CCc1ccc(-c2csc(NC(=O)CSc3nnc(C(C)C)n3C3CC3)n2)cc1. The molecule has 0 bridgehead atoms. The molecule has 0 radical (unpaired) electrons. The summed E-state index contributed by atoms with van der Waals surface area (Å²) in [6.45, 7) is 6.39. The molecule has 0 unspecified atom stereocenters. The minimum atomic E-state index is -0.0753. The van der Waals surface area contributed by atoms with Crippen LogP contribution < -0.4 is 5.32 Å². The van der Waals surface area contributed by atoms with Crippen molar-refractivity contribution >= 4 is 34.1 Å². The number of thioether (sulfide) groups is 1. The van der Waals surface area contributed by atoms with E-state index in [0.29, 0.717) is 22.8 Å². The zero-order valence-electron chi connectivity index (χ0n) is 16.9. The lowest BCUT2D eigenvalue weighted by Crippen LogP contribution is -2.14. The fraction of sp³-hybridized carbons (Fsp3) is 0.429. The number of hydrogen-bond acceptors (Lipinski definition) is 6. The summed E-state index contributed by atoms with van der Waals surface area (Å²) >= 11 is 2.89. The number of nitrogens with zero attached hydrogens (tertiary/aromatic N) is 4. The number of benzene rings is 1. The van der Waals surface area contributed by atoms with Gasteiger partial charge >= 0.3 is 0 Å². The molecule has 8 heteroatoms. The van der Waals surface area contributed by atoms with Gasteiger partial charge in [-0.05, 0) is 24.8 Å². The number of carbonyl (C=O) groups excluding carboxylic acids is 1. The average molecular weight is 428 g/mol. The largest absolute Gasteiger partial charge is 0.303 e. The van der Waals surface area contributed by atoms with E-state index in [1.807, 2.05) is 5.38 Å². The molecule has 4 rings (SSSR count). The first-order valence-electron chi connectivity index (χ1n) is 9.97. The van der Waals surface area contributed by atoms with E-state index in [1.165, 1.54) is 41.5 Å². The molecule has 1 aliphatic carbocycles. The van der Waals surface area contributed by atoms with Crippen molar-refractivity contribution in [3.8, 4) is 11.3 Å². The molecule has 1 fully saturated rings. The highest BCUT2D eigenvalue weighted by molar-refractivity contribution is 7.99. The van der Waals surface area contributed by atoms with Crippen LogP contribution in [0.5, 0.6) is 0 Å². The number of carbonyl (C=O) groups is 1. The van der Waals surface area contributed by atoms with Gasteiger partial charge in [0.05, 0.1) is 11.4 Å². The molecule has 0 saturated heterocycles. The molecule has 29 heavy (non-hydrogen) atoms. The Morgan fingerprint density at radius 2 is 2.03 bits per heavy atom. The standard InChI is InChI=1S/C21H25N5OS2/c1-4-14-5-7-15(8-6-14)17-11-28-20(22-17)23-18(27)12-29-21-25-24-19(13(2)3)26(21)16-9-10-16/h5-8,11,13,16H,4,9-10,12H2,1-3H3,(H,22,23,27). The van der Waals surface area contributed by atoms with E-state index in [0.717, 1.165) is 28.7 Å². The third-order valence-corrected chi connectivity index (χ3v) is 6.56. The van der Waals surface area contributed by atoms with Gasteiger partial charge in [0.2, 0.25) is 5.91 Å². The molecular weight excluding hydrogens is 402 g/mol. The van der Waals surface area contributed by atoms with Gasteiger partial charge in [-0.2, -0.15) is 0 Å². The zero-order valence-corrected chi connectivity index (χ0v) is 18.5. The van der Waals surface area contributed by atoms with Gasteiger partial charge in [0.1, 0.15) is 5.82 Å². The minimum absolute atomic E-state index is 0.0753. The number of amides is 1. The Labute approximate surface area is 179 Å². The van der Waals surface area contributed by atoms with Crippen molar-refractivity contribution in [1.82, 2.24) is 19.7 Å². The predicted molar refractivity (Wildman–Crippen MR) is 119 cm³/mol. The minimum Gasteiger partial charge on any atom is -0.303 e. The van der Waals surface area contributed by atoms with Gasteiger partial charge in [0, 0.05) is 22.9 Å². The van der Waals surface area contributed by atoms with E-state index in [-0.39, 0.29) is 5.91 Å². The van der Waals surface area contributed by atoms with Gasteiger partial charge in [-0.1, -0.05) is 56.8 Å². The van der Waals surface area contributed by atoms with Crippen LogP contribution in [0.25, 0.3) is 11.3 Å². The number of thiazole rings is 1. The summed E-state index contributed by atoms with van der Waals surface area (Å²) in [5.74, 6) is 1.55. The van der Waals surface area contributed by atoms with Crippen molar-refractivity contribution in [3.05, 3.63) is 41.0 Å². The number of aromatic nitrogens is 4. The van der Waals surface area contributed by atoms with E-state index in [2.05, 4.69) is 70.1 Å². The second kappa shape index (κ2) is 8.67. The summed E-state index contributed by atoms with van der Waals surface area (Å²) in [6.07, 6.45) is 3.35. The third kappa shape index (κ3) is 4.70. The van der Waals surface area contributed by atoms with E-state index in [1.54, 1.807) is 0 Å². The number of anilines is 1. The van der Waals surface area contributed by atoms with Crippen LogP contribution in [0, 0.1) is 0 Å². The molecule has 0 aliphatic heterocycles. The lowest BCUT2D eigenvalue weighted by Gasteiger charge is -2.10. The zero-order chi connectivity index (χ0) is 20.4. The molecule has 0 atom stereocenters. The fourth-order valence-corrected chi connectivity index (χ4v) is 4.67. The van der Waals surface area contributed by atoms with Gasteiger partial charge in [0.25, 0.3) is 0 Å². The van der Waals surface area contributed by atoms with E-state index in [4.69, 9.17) is 0 Å². The highest BCUT2D eigenvalue weighted by Gasteiger charge is 2.30. The van der Waals surface area contributed by atoms with Crippen molar-refractivity contribution in [1.29, 1.82) is 0 Å². The molecule has 1 amide bonds. The highest BCUT2D eigenvalue weighted by Crippen LogP contribution is 2.40. The molecule has 2 aromatic heterocycles. The van der Waals surface area contributed by atoms with Crippen molar-refractivity contribution in [3.63, 3.8) is 0 Å². The van der Waals surface area contributed by atoms with Crippen LogP contribution in [0.4, 0.5) is 5.13 Å². The van der Waals surface area contributed by atoms with Gasteiger partial charge < -0.3 is 9.88 Å². The number of rotatable bonds is 8. The van der Waals surface area contributed by atoms with Crippen molar-refractivity contribution in [2.24, 2.45) is 0 Å². The second-order valence-corrected chi connectivity index (χ2v) is 9.32. The Balaban J connectivity index is 1.36. The third-order valence-electron chi connectivity index (χ3n) is 4.86. The molecule has 1 aliphatic rings. The molecule has 2 heterocycles. The van der Waals surface area contributed by atoms with Gasteiger partial charge in [0.15, 0.2) is 10.3 Å². The average Bonchev–Trinajstić information content (AvgIpc) is 3.29. The first-order chi connectivity index (χ1) is 14.0. The molecule has 152 valence electrons. The molecular formula is C21H25N5OS2. The predicted octanol–water partition coefficient (Wildman–Crippen LogP) is 5.15. The first kappa shape index (κ1) is 20.1. The van der Waals surface area contributed by atoms with Crippen LogP contribution >= 0.6 is 23.1 Å². The molecule has 1 N–H and O–H groups in total. The van der Waals surface area contributed by atoms with Crippen molar-refractivity contribution < 1.29 is 4.79 Å². The Bertz CT molecular complexity index is 989. The summed E-state index contributed by atoms with van der Waals surface area (Å²) in [6, 6.07) is 8.88. The topological polar surface area (TPSA) is 72.7 Å². The summed E-state index contributed by atoms with van der Waals surface area (Å²) in [5, 5.41) is 15.0. The second-order valence-electron chi connectivity index (χ2n) is 7.52. The fourth-order valence-electron chi connectivity index (χ4n) is 3.12. The summed E-state index contributed by atoms with van der Waals surface area (Å²) in [5.41, 5.74) is 3.25. The summed E-state index contributed by atoms with van der Waals surface area (Å²) in [4.78, 5) is 17.0. The van der Waals surface area contributed by atoms with Crippen LogP contribution in [0.1, 0.15) is 57.0 Å². The Morgan fingerprint density at radius 1 is 1.28 bits per heavy atom. The maximum Gasteiger partial charge on any atom is 0.236 e. The lowest BCUT2D eigenvalue weighted by atomic mass is 10.1. The van der Waals surface area contributed by atoms with Gasteiger partial charge in [-0.3, -0.25) is 4.79 Å². The van der Waals surface area contributed by atoms with E-state index in [9.17, 15) is 4.79 Å². The maximum atomic E-state index is 12.4. The van der Waals surface area contributed by atoms with Crippen LogP contribution in [0.3, 0.4) is 0 Å². The van der Waals surface area contributed by atoms with Crippen LogP contribution in [0.15, 0.2) is 34.8 Å². The van der Waals surface area contributed by atoms with Crippen LogP contribution in [-0.4, -0.2) is 31.4 Å².